The Morgan fingerprint density at radius 1 is 1.45 bits per heavy atom. The number of β-amino-alcohol motifs (C(OH)–C–C–N with tert-alkyl or cyclic N) is 1. The minimum Gasteiger partial charge on any atom is -0.465 e. The predicted octanol–water partition coefficient (Wildman–Crippen LogP) is 2.06. The second-order valence-electron chi connectivity index (χ2n) is 4.61. The number of aliphatic hydroxyl groups is 1. The van der Waals surface area contributed by atoms with Gasteiger partial charge in [0.15, 0.2) is 0 Å². The number of methoxy groups -OCH3 is 1. The molecule has 2 rings (SSSR count). The number of benzene rings is 1. The quantitative estimate of drug-likeness (QED) is 0.847. The lowest BCUT2D eigenvalue weighted by Crippen LogP contribution is -2.24. The summed E-state index contributed by atoms with van der Waals surface area (Å²) in [4.78, 5) is 13.4. The Morgan fingerprint density at radius 3 is 2.65 bits per heavy atom. The van der Waals surface area contributed by atoms with Crippen molar-refractivity contribution in [3.05, 3.63) is 29.3 Å². The van der Waals surface area contributed by atoms with E-state index in [9.17, 15) is 23.1 Å². The molecule has 1 atom stereocenters. The van der Waals surface area contributed by atoms with E-state index in [2.05, 4.69) is 4.74 Å². The van der Waals surface area contributed by atoms with Gasteiger partial charge in [0.25, 0.3) is 0 Å². The van der Waals surface area contributed by atoms with Crippen molar-refractivity contribution < 1.29 is 27.8 Å². The van der Waals surface area contributed by atoms with E-state index in [0.717, 1.165) is 19.2 Å². The minimum absolute atomic E-state index is 0.142. The predicted molar refractivity (Wildman–Crippen MR) is 65.6 cm³/mol. The number of rotatable bonds is 2. The summed E-state index contributed by atoms with van der Waals surface area (Å²) in [5, 5.41) is 9.49. The second kappa shape index (κ2) is 5.32. The van der Waals surface area contributed by atoms with Gasteiger partial charge in [0, 0.05) is 13.1 Å². The number of nitrogens with zero attached hydrogens (tertiary/aromatic N) is 1. The molecule has 7 heteroatoms. The maximum absolute atomic E-state index is 12.7. The highest BCUT2D eigenvalue weighted by atomic mass is 19.4. The molecule has 0 amide bonds. The molecule has 0 spiro atoms. The third kappa shape index (κ3) is 2.87. The summed E-state index contributed by atoms with van der Waals surface area (Å²) in [6.07, 6.45) is -4.55. The molecule has 1 saturated heterocycles. The second-order valence-corrected chi connectivity index (χ2v) is 4.61. The van der Waals surface area contributed by atoms with E-state index in [-0.39, 0.29) is 12.1 Å². The molecule has 110 valence electrons. The fourth-order valence-electron chi connectivity index (χ4n) is 2.22. The number of carbonyl (C=O) groups is 1. The molecule has 0 bridgehead atoms. The van der Waals surface area contributed by atoms with Crippen molar-refractivity contribution in [1.82, 2.24) is 0 Å². The molecule has 0 aliphatic carbocycles. The van der Waals surface area contributed by atoms with Crippen LogP contribution < -0.4 is 4.90 Å². The van der Waals surface area contributed by atoms with Crippen LogP contribution in [0.25, 0.3) is 0 Å². The fourth-order valence-corrected chi connectivity index (χ4v) is 2.22. The van der Waals surface area contributed by atoms with Crippen LogP contribution in [0.2, 0.25) is 0 Å². The molecule has 0 saturated carbocycles. The molecule has 1 aromatic carbocycles. The van der Waals surface area contributed by atoms with Gasteiger partial charge in [-0.1, -0.05) is 0 Å². The lowest BCUT2D eigenvalue weighted by Gasteiger charge is -2.21. The van der Waals surface area contributed by atoms with E-state index >= 15 is 0 Å². The monoisotopic (exact) mass is 289 g/mol. The first kappa shape index (κ1) is 14.6. The van der Waals surface area contributed by atoms with Crippen LogP contribution in [0, 0.1) is 0 Å². The van der Waals surface area contributed by atoms with E-state index in [1.807, 2.05) is 0 Å². The van der Waals surface area contributed by atoms with Crippen molar-refractivity contribution in [3.63, 3.8) is 0 Å². The van der Waals surface area contributed by atoms with Crippen molar-refractivity contribution in [1.29, 1.82) is 0 Å². The first-order valence-electron chi connectivity index (χ1n) is 6.05. The van der Waals surface area contributed by atoms with E-state index in [0.29, 0.717) is 18.7 Å². The Kier molecular flexibility index (Phi) is 3.89. The smallest absolute Gasteiger partial charge is 0.416 e. The van der Waals surface area contributed by atoms with Gasteiger partial charge in [0.2, 0.25) is 0 Å². The molecule has 1 heterocycles. The first-order chi connectivity index (χ1) is 9.32. The maximum Gasteiger partial charge on any atom is 0.416 e. The molecule has 1 fully saturated rings. The van der Waals surface area contributed by atoms with Gasteiger partial charge in [-0.15, -0.1) is 0 Å². The lowest BCUT2D eigenvalue weighted by atomic mass is 10.1. The number of ether oxygens (including phenoxy) is 1. The third-order valence-electron chi connectivity index (χ3n) is 3.23. The summed E-state index contributed by atoms with van der Waals surface area (Å²) in [6, 6.07) is 2.95. The number of alkyl halides is 3. The normalized spacial score (nSPS) is 19.2. The van der Waals surface area contributed by atoms with E-state index < -0.39 is 23.8 Å². The topological polar surface area (TPSA) is 49.8 Å². The van der Waals surface area contributed by atoms with Crippen LogP contribution >= 0.6 is 0 Å². The number of aliphatic hydroxyl groups excluding tert-OH is 1. The minimum atomic E-state index is -4.52. The molecule has 1 aromatic rings. The number of anilines is 1. The number of hydrogen-bond acceptors (Lipinski definition) is 4. The SMILES string of the molecule is COC(=O)c1cc(C(F)(F)F)ccc1N1CC[C@H](O)C1. The first-order valence-corrected chi connectivity index (χ1v) is 6.05. The standard InChI is InChI=1S/C13H14F3NO3/c1-20-12(19)10-6-8(13(14,15)16)2-3-11(10)17-5-4-9(18)7-17/h2-3,6,9,18H,4-5,7H2,1H3/t9-/m0/s1. The molecule has 1 N–H and O–H groups in total. The Bertz CT molecular complexity index is 516. The van der Waals surface area contributed by atoms with Gasteiger partial charge in [0.1, 0.15) is 0 Å². The number of halogens is 3. The van der Waals surface area contributed by atoms with Crippen LogP contribution in [0.1, 0.15) is 22.3 Å². The van der Waals surface area contributed by atoms with Crippen molar-refractivity contribution in [2.75, 3.05) is 25.1 Å². The van der Waals surface area contributed by atoms with Crippen molar-refractivity contribution in [2.45, 2.75) is 18.7 Å². The van der Waals surface area contributed by atoms with Crippen molar-refractivity contribution >= 4 is 11.7 Å². The van der Waals surface area contributed by atoms with Crippen LogP contribution in [0.3, 0.4) is 0 Å². The van der Waals surface area contributed by atoms with Crippen LogP contribution in [0.5, 0.6) is 0 Å². The summed E-state index contributed by atoms with van der Waals surface area (Å²) in [7, 11) is 1.12. The highest BCUT2D eigenvalue weighted by molar-refractivity contribution is 5.96. The Balaban J connectivity index is 2.43. The summed E-state index contributed by atoms with van der Waals surface area (Å²) in [6.45, 7) is 0.770. The molecular formula is C13H14F3NO3. The highest BCUT2D eigenvalue weighted by Crippen LogP contribution is 2.34. The summed E-state index contributed by atoms with van der Waals surface area (Å²) >= 11 is 0. The third-order valence-corrected chi connectivity index (χ3v) is 3.23. The molecule has 0 aromatic heterocycles. The number of esters is 1. The zero-order valence-corrected chi connectivity index (χ0v) is 10.8. The average Bonchev–Trinajstić information content (AvgIpc) is 2.82. The van der Waals surface area contributed by atoms with Crippen molar-refractivity contribution in [2.24, 2.45) is 0 Å². The summed E-state index contributed by atoms with van der Waals surface area (Å²) in [5.74, 6) is -0.826. The van der Waals surface area contributed by atoms with Gasteiger partial charge >= 0.3 is 12.1 Å². The van der Waals surface area contributed by atoms with E-state index in [1.165, 1.54) is 6.07 Å². The van der Waals surface area contributed by atoms with Crippen LogP contribution in [-0.4, -0.2) is 37.4 Å². The van der Waals surface area contributed by atoms with Gasteiger partial charge in [-0.05, 0) is 24.6 Å². The van der Waals surface area contributed by atoms with Crippen LogP contribution in [0.4, 0.5) is 18.9 Å². The fraction of sp³-hybridized carbons (Fsp3) is 0.462. The van der Waals surface area contributed by atoms with Crippen LogP contribution in [-0.2, 0) is 10.9 Å². The molecule has 0 radical (unpaired) electrons. The molecule has 1 aliphatic heterocycles. The Morgan fingerprint density at radius 2 is 2.15 bits per heavy atom. The van der Waals surface area contributed by atoms with Crippen molar-refractivity contribution in [3.8, 4) is 0 Å². The van der Waals surface area contributed by atoms with E-state index in [1.54, 1.807) is 4.90 Å². The van der Waals surface area contributed by atoms with Crippen LogP contribution in [0.15, 0.2) is 18.2 Å². The summed E-state index contributed by atoms with van der Waals surface area (Å²) < 4.78 is 42.6. The lowest BCUT2D eigenvalue weighted by molar-refractivity contribution is -0.137. The van der Waals surface area contributed by atoms with Gasteiger partial charge in [-0.3, -0.25) is 0 Å². The Labute approximate surface area is 113 Å². The Hall–Kier alpha value is -1.76. The average molecular weight is 289 g/mol. The van der Waals surface area contributed by atoms with Gasteiger partial charge in [-0.2, -0.15) is 13.2 Å². The zero-order valence-electron chi connectivity index (χ0n) is 10.8. The van der Waals surface area contributed by atoms with Gasteiger partial charge in [-0.25, -0.2) is 4.79 Å². The zero-order chi connectivity index (χ0) is 14.9. The molecule has 0 unspecified atom stereocenters. The van der Waals surface area contributed by atoms with E-state index in [4.69, 9.17) is 0 Å². The largest absolute Gasteiger partial charge is 0.465 e. The molecular weight excluding hydrogens is 275 g/mol. The highest BCUT2D eigenvalue weighted by Gasteiger charge is 2.33. The summed E-state index contributed by atoms with van der Waals surface area (Å²) in [5.41, 5.74) is -0.695. The van der Waals surface area contributed by atoms with Gasteiger partial charge in [0.05, 0.1) is 30.0 Å². The molecule has 4 nitrogen and oxygen atoms in total. The number of carbonyl (C=O) groups excluding carboxylic acids is 1. The number of hydrogen-bond donors (Lipinski definition) is 1. The molecule has 20 heavy (non-hydrogen) atoms. The maximum atomic E-state index is 12.7. The molecule has 1 aliphatic rings. The van der Waals surface area contributed by atoms with Gasteiger partial charge < -0.3 is 14.7 Å².